The molecule has 0 atom stereocenters. The standard InChI is InChI=1S/C18H17BrN4O2/c19-13-3-1-2-12(10-13)17(24)22-6-8-23(9-7-22)18-21-15-11-14(20)4-5-16(15)25-18/h1-5,10-11H,6-9,20H2. The summed E-state index contributed by atoms with van der Waals surface area (Å²) in [6.45, 7) is 2.63. The average molecular weight is 401 g/mol. The summed E-state index contributed by atoms with van der Waals surface area (Å²) in [5.41, 5.74) is 8.62. The van der Waals surface area contributed by atoms with Gasteiger partial charge in [-0.05, 0) is 36.4 Å². The van der Waals surface area contributed by atoms with Crippen LogP contribution in [-0.2, 0) is 0 Å². The summed E-state index contributed by atoms with van der Waals surface area (Å²) in [7, 11) is 0. The minimum Gasteiger partial charge on any atom is -0.423 e. The zero-order valence-electron chi connectivity index (χ0n) is 13.5. The molecule has 128 valence electrons. The summed E-state index contributed by atoms with van der Waals surface area (Å²) in [4.78, 5) is 21.0. The number of fused-ring (bicyclic) bond motifs is 1. The Hall–Kier alpha value is -2.54. The monoisotopic (exact) mass is 400 g/mol. The molecule has 0 radical (unpaired) electrons. The van der Waals surface area contributed by atoms with E-state index in [1.807, 2.05) is 35.2 Å². The van der Waals surface area contributed by atoms with Gasteiger partial charge in [0.2, 0.25) is 0 Å². The van der Waals surface area contributed by atoms with Gasteiger partial charge in [0.25, 0.3) is 11.9 Å². The number of carbonyl (C=O) groups excluding carboxylic acids is 1. The molecule has 3 aromatic rings. The molecule has 1 aromatic heterocycles. The summed E-state index contributed by atoms with van der Waals surface area (Å²) >= 11 is 3.41. The number of hydrogen-bond acceptors (Lipinski definition) is 5. The molecular formula is C18H17BrN4O2. The lowest BCUT2D eigenvalue weighted by Crippen LogP contribution is -2.48. The molecule has 1 aliphatic rings. The fraction of sp³-hybridized carbons (Fsp3) is 0.222. The molecule has 0 spiro atoms. The van der Waals surface area contributed by atoms with E-state index < -0.39 is 0 Å². The van der Waals surface area contributed by atoms with E-state index in [4.69, 9.17) is 10.2 Å². The number of nitrogens with two attached hydrogens (primary N) is 1. The van der Waals surface area contributed by atoms with Crippen LogP contribution in [0.1, 0.15) is 10.4 Å². The molecule has 1 saturated heterocycles. The van der Waals surface area contributed by atoms with Crippen molar-refractivity contribution in [3.8, 4) is 0 Å². The molecular weight excluding hydrogens is 384 g/mol. The highest BCUT2D eigenvalue weighted by atomic mass is 79.9. The van der Waals surface area contributed by atoms with Crippen molar-refractivity contribution in [2.24, 2.45) is 0 Å². The van der Waals surface area contributed by atoms with Crippen molar-refractivity contribution < 1.29 is 9.21 Å². The van der Waals surface area contributed by atoms with E-state index in [2.05, 4.69) is 25.8 Å². The predicted molar refractivity (Wildman–Crippen MR) is 101 cm³/mol. The van der Waals surface area contributed by atoms with Crippen LogP contribution in [0.15, 0.2) is 51.4 Å². The molecule has 7 heteroatoms. The van der Waals surface area contributed by atoms with E-state index in [9.17, 15) is 4.79 Å². The number of amides is 1. The Balaban J connectivity index is 1.46. The first kappa shape index (κ1) is 16.0. The summed E-state index contributed by atoms with van der Waals surface area (Å²) < 4.78 is 6.71. The first-order chi connectivity index (χ1) is 12.1. The van der Waals surface area contributed by atoms with Gasteiger partial charge in [0.1, 0.15) is 5.52 Å². The van der Waals surface area contributed by atoms with Crippen molar-refractivity contribution in [2.45, 2.75) is 0 Å². The van der Waals surface area contributed by atoms with Gasteiger partial charge in [0, 0.05) is 41.9 Å². The second kappa shape index (κ2) is 6.40. The lowest BCUT2D eigenvalue weighted by molar-refractivity contribution is 0.0745. The number of carbonyl (C=O) groups is 1. The maximum Gasteiger partial charge on any atom is 0.298 e. The summed E-state index contributed by atoms with van der Waals surface area (Å²) in [6, 6.07) is 13.5. The van der Waals surface area contributed by atoms with Gasteiger partial charge in [0.05, 0.1) is 0 Å². The van der Waals surface area contributed by atoms with Crippen LogP contribution in [0.3, 0.4) is 0 Å². The van der Waals surface area contributed by atoms with Crippen LogP contribution in [0.2, 0.25) is 0 Å². The van der Waals surface area contributed by atoms with Crippen LogP contribution in [0.4, 0.5) is 11.7 Å². The highest BCUT2D eigenvalue weighted by Crippen LogP contribution is 2.24. The van der Waals surface area contributed by atoms with Gasteiger partial charge in [-0.1, -0.05) is 22.0 Å². The van der Waals surface area contributed by atoms with Gasteiger partial charge in [-0.15, -0.1) is 0 Å². The summed E-state index contributed by atoms with van der Waals surface area (Å²) in [5, 5.41) is 0. The Morgan fingerprint density at radius 2 is 1.92 bits per heavy atom. The molecule has 25 heavy (non-hydrogen) atoms. The number of piperazine rings is 1. The number of nitrogen functional groups attached to an aromatic ring is 1. The predicted octanol–water partition coefficient (Wildman–Crippen LogP) is 3.13. The SMILES string of the molecule is Nc1ccc2oc(N3CCN(C(=O)c4cccc(Br)c4)CC3)nc2c1. The molecule has 6 nitrogen and oxygen atoms in total. The maximum atomic E-state index is 12.6. The second-order valence-electron chi connectivity index (χ2n) is 6.01. The average Bonchev–Trinajstić information content (AvgIpc) is 3.04. The Morgan fingerprint density at radius 1 is 1.12 bits per heavy atom. The van der Waals surface area contributed by atoms with E-state index in [1.54, 1.807) is 12.1 Å². The van der Waals surface area contributed by atoms with Crippen molar-refractivity contribution in [1.82, 2.24) is 9.88 Å². The van der Waals surface area contributed by atoms with Crippen LogP contribution < -0.4 is 10.6 Å². The third-order valence-corrected chi connectivity index (χ3v) is 4.80. The first-order valence-corrected chi connectivity index (χ1v) is 8.85. The molecule has 1 aliphatic heterocycles. The van der Waals surface area contributed by atoms with Crippen molar-refractivity contribution in [1.29, 1.82) is 0 Å². The fourth-order valence-corrected chi connectivity index (χ4v) is 3.37. The Bertz CT molecular complexity index is 932. The smallest absolute Gasteiger partial charge is 0.298 e. The molecule has 1 amide bonds. The van der Waals surface area contributed by atoms with E-state index >= 15 is 0 Å². The summed E-state index contributed by atoms with van der Waals surface area (Å²) in [5.74, 6) is 0.0475. The molecule has 2 N–H and O–H groups in total. The van der Waals surface area contributed by atoms with E-state index in [1.165, 1.54) is 0 Å². The number of hydrogen-bond donors (Lipinski definition) is 1. The highest BCUT2D eigenvalue weighted by molar-refractivity contribution is 9.10. The molecule has 0 aliphatic carbocycles. The van der Waals surface area contributed by atoms with Crippen LogP contribution >= 0.6 is 15.9 Å². The zero-order valence-corrected chi connectivity index (χ0v) is 15.1. The number of oxazole rings is 1. The quantitative estimate of drug-likeness (QED) is 0.668. The number of rotatable bonds is 2. The van der Waals surface area contributed by atoms with Gasteiger partial charge in [0.15, 0.2) is 5.58 Å². The van der Waals surface area contributed by atoms with Gasteiger partial charge in [-0.25, -0.2) is 0 Å². The van der Waals surface area contributed by atoms with Crippen LogP contribution in [0.25, 0.3) is 11.1 Å². The molecule has 2 aromatic carbocycles. The van der Waals surface area contributed by atoms with E-state index in [0.717, 1.165) is 15.6 Å². The molecule has 0 bridgehead atoms. The first-order valence-electron chi connectivity index (χ1n) is 8.06. The Morgan fingerprint density at radius 3 is 2.68 bits per heavy atom. The van der Waals surface area contributed by atoms with E-state index in [0.29, 0.717) is 43.4 Å². The Kier molecular flexibility index (Phi) is 4.09. The largest absolute Gasteiger partial charge is 0.423 e. The molecule has 1 fully saturated rings. The van der Waals surface area contributed by atoms with Crippen LogP contribution in [-0.4, -0.2) is 42.0 Å². The number of nitrogens with zero attached hydrogens (tertiary/aromatic N) is 3. The van der Waals surface area contributed by atoms with Crippen molar-refractivity contribution in [3.05, 3.63) is 52.5 Å². The number of halogens is 1. The van der Waals surface area contributed by atoms with Gasteiger partial charge in [-0.2, -0.15) is 4.98 Å². The minimum absolute atomic E-state index is 0.0475. The van der Waals surface area contributed by atoms with E-state index in [-0.39, 0.29) is 5.91 Å². The van der Waals surface area contributed by atoms with Gasteiger partial charge < -0.3 is 20.0 Å². The Labute approximate surface area is 153 Å². The van der Waals surface area contributed by atoms with Crippen molar-refractivity contribution in [3.63, 3.8) is 0 Å². The van der Waals surface area contributed by atoms with Crippen LogP contribution in [0.5, 0.6) is 0 Å². The lowest BCUT2D eigenvalue weighted by atomic mass is 10.2. The molecule has 0 saturated carbocycles. The third-order valence-electron chi connectivity index (χ3n) is 4.31. The number of aromatic nitrogens is 1. The highest BCUT2D eigenvalue weighted by Gasteiger charge is 2.24. The molecule has 0 unspecified atom stereocenters. The number of benzene rings is 2. The van der Waals surface area contributed by atoms with Crippen molar-refractivity contribution >= 4 is 44.6 Å². The minimum atomic E-state index is 0.0475. The van der Waals surface area contributed by atoms with Gasteiger partial charge in [-0.3, -0.25) is 4.79 Å². The maximum absolute atomic E-state index is 12.6. The van der Waals surface area contributed by atoms with Crippen LogP contribution in [0, 0.1) is 0 Å². The number of anilines is 2. The summed E-state index contributed by atoms with van der Waals surface area (Å²) in [6.07, 6.45) is 0. The van der Waals surface area contributed by atoms with Crippen molar-refractivity contribution in [2.75, 3.05) is 36.8 Å². The lowest BCUT2D eigenvalue weighted by Gasteiger charge is -2.33. The molecule has 2 heterocycles. The third kappa shape index (κ3) is 3.19. The zero-order chi connectivity index (χ0) is 17.4. The molecule has 4 rings (SSSR count). The second-order valence-corrected chi connectivity index (χ2v) is 6.93. The normalized spacial score (nSPS) is 14.9. The van der Waals surface area contributed by atoms with Gasteiger partial charge >= 0.3 is 0 Å². The topological polar surface area (TPSA) is 75.6 Å². The fourth-order valence-electron chi connectivity index (χ4n) is 2.97.